The van der Waals surface area contributed by atoms with Crippen molar-refractivity contribution in [2.24, 2.45) is 0 Å². The molecule has 2 N–H and O–H groups in total. The van der Waals surface area contributed by atoms with Gasteiger partial charge in [0.15, 0.2) is 0 Å². The lowest BCUT2D eigenvalue weighted by Gasteiger charge is -2.18. The molecule has 0 unspecified atom stereocenters. The third-order valence-corrected chi connectivity index (χ3v) is 2.26. The first-order chi connectivity index (χ1) is 7.99. The second-order valence-corrected chi connectivity index (χ2v) is 3.73. The zero-order valence-corrected chi connectivity index (χ0v) is 9.46. The zero-order valence-electron chi connectivity index (χ0n) is 9.46. The molecule has 1 aromatic heterocycles. The average molecular weight is 238 g/mol. The summed E-state index contributed by atoms with van der Waals surface area (Å²) in [5.41, 5.74) is 1.79. The van der Waals surface area contributed by atoms with Crippen molar-refractivity contribution < 1.29 is 19.8 Å². The lowest BCUT2D eigenvalue weighted by Crippen LogP contribution is -2.34. The van der Waals surface area contributed by atoms with E-state index in [0.29, 0.717) is 0 Å². The molecule has 0 aliphatic heterocycles. The Hall–Kier alpha value is -1.95. The average Bonchev–Trinajstić information content (AvgIpc) is 2.19. The van der Waals surface area contributed by atoms with Gasteiger partial charge in [-0.2, -0.15) is 0 Å². The molecule has 6 heteroatoms. The smallest absolute Gasteiger partial charge is 0.317 e. The number of carboxylic acids is 2. The Morgan fingerprint density at radius 2 is 1.88 bits per heavy atom. The van der Waals surface area contributed by atoms with Crippen LogP contribution in [0.15, 0.2) is 18.5 Å². The van der Waals surface area contributed by atoms with Crippen molar-refractivity contribution >= 4 is 11.9 Å². The van der Waals surface area contributed by atoms with Crippen LogP contribution in [0.1, 0.15) is 11.1 Å². The highest BCUT2D eigenvalue weighted by molar-refractivity contribution is 5.72. The molecule has 1 heterocycles. The van der Waals surface area contributed by atoms with Gasteiger partial charge in [-0.15, -0.1) is 0 Å². The van der Waals surface area contributed by atoms with Gasteiger partial charge in [0, 0.05) is 18.9 Å². The van der Waals surface area contributed by atoms with Crippen LogP contribution in [0.3, 0.4) is 0 Å². The molecule has 0 radical (unpaired) electrons. The summed E-state index contributed by atoms with van der Waals surface area (Å²) in [5, 5.41) is 17.4. The zero-order chi connectivity index (χ0) is 12.8. The van der Waals surface area contributed by atoms with Crippen LogP contribution in [0.5, 0.6) is 0 Å². The van der Waals surface area contributed by atoms with E-state index in [1.165, 1.54) is 4.90 Å². The van der Waals surface area contributed by atoms with E-state index >= 15 is 0 Å². The Bertz CT molecular complexity index is 404. The fraction of sp³-hybridized carbons (Fsp3) is 0.364. The van der Waals surface area contributed by atoms with Gasteiger partial charge >= 0.3 is 11.9 Å². The lowest BCUT2D eigenvalue weighted by molar-refractivity contribution is -0.142. The third kappa shape index (κ3) is 4.60. The van der Waals surface area contributed by atoms with Crippen LogP contribution in [0, 0.1) is 6.92 Å². The van der Waals surface area contributed by atoms with Crippen LogP contribution < -0.4 is 0 Å². The molecule has 0 spiro atoms. The van der Waals surface area contributed by atoms with Crippen molar-refractivity contribution in [2.75, 3.05) is 13.1 Å². The van der Waals surface area contributed by atoms with Crippen molar-refractivity contribution in [1.29, 1.82) is 0 Å². The van der Waals surface area contributed by atoms with E-state index in [0.717, 1.165) is 11.1 Å². The Kier molecular flexibility index (Phi) is 4.59. The standard InChI is InChI=1S/C11H14N2O4/c1-8-2-3-12-4-9(8)5-13(6-10(14)15)7-11(16)17/h2-4H,5-7H2,1H3,(H,14,15)(H,16,17). The Morgan fingerprint density at radius 3 is 2.35 bits per heavy atom. The maximum absolute atomic E-state index is 10.6. The quantitative estimate of drug-likeness (QED) is 0.743. The number of aromatic nitrogens is 1. The first-order valence-corrected chi connectivity index (χ1v) is 5.04. The van der Waals surface area contributed by atoms with Gasteiger partial charge < -0.3 is 10.2 Å². The van der Waals surface area contributed by atoms with E-state index < -0.39 is 11.9 Å². The minimum atomic E-state index is -1.05. The van der Waals surface area contributed by atoms with Crippen LogP contribution in [0.25, 0.3) is 0 Å². The van der Waals surface area contributed by atoms with E-state index in [4.69, 9.17) is 10.2 Å². The molecule has 0 amide bonds. The monoisotopic (exact) mass is 238 g/mol. The fourth-order valence-corrected chi connectivity index (χ4v) is 1.45. The van der Waals surface area contributed by atoms with Crippen LogP contribution in [0.4, 0.5) is 0 Å². The SMILES string of the molecule is Cc1ccncc1CN(CC(=O)O)CC(=O)O. The third-order valence-electron chi connectivity index (χ3n) is 2.26. The van der Waals surface area contributed by atoms with Gasteiger partial charge in [-0.1, -0.05) is 0 Å². The van der Waals surface area contributed by atoms with E-state index in [1.54, 1.807) is 18.5 Å². The number of hydrogen-bond acceptors (Lipinski definition) is 4. The molecule has 17 heavy (non-hydrogen) atoms. The van der Waals surface area contributed by atoms with Gasteiger partial charge in [0.25, 0.3) is 0 Å². The maximum atomic E-state index is 10.6. The molecule has 0 aliphatic rings. The van der Waals surface area contributed by atoms with Crippen LogP contribution in [-0.2, 0) is 16.1 Å². The first-order valence-electron chi connectivity index (χ1n) is 5.04. The van der Waals surface area contributed by atoms with Gasteiger partial charge in [-0.3, -0.25) is 19.5 Å². The number of nitrogens with zero attached hydrogens (tertiary/aromatic N) is 2. The summed E-state index contributed by atoms with van der Waals surface area (Å²) in [6, 6.07) is 1.80. The predicted octanol–water partition coefficient (Wildman–Crippen LogP) is 0.361. The summed E-state index contributed by atoms with van der Waals surface area (Å²) in [6.45, 7) is 1.52. The van der Waals surface area contributed by atoms with Gasteiger partial charge in [0.2, 0.25) is 0 Å². The molecule has 0 saturated heterocycles. The summed E-state index contributed by atoms with van der Waals surface area (Å²) in [6.07, 6.45) is 3.25. The molecular weight excluding hydrogens is 224 g/mol. The summed E-state index contributed by atoms with van der Waals surface area (Å²) >= 11 is 0. The second kappa shape index (κ2) is 5.95. The summed E-state index contributed by atoms with van der Waals surface area (Å²) in [4.78, 5) is 26.5. The van der Waals surface area contributed by atoms with Crippen molar-refractivity contribution in [3.63, 3.8) is 0 Å². The molecule has 6 nitrogen and oxygen atoms in total. The number of hydrogen-bond donors (Lipinski definition) is 2. The van der Waals surface area contributed by atoms with Crippen LogP contribution in [-0.4, -0.2) is 45.1 Å². The number of carbonyl (C=O) groups is 2. The van der Waals surface area contributed by atoms with Crippen molar-refractivity contribution in [1.82, 2.24) is 9.88 Å². The Morgan fingerprint density at radius 1 is 1.29 bits per heavy atom. The number of rotatable bonds is 6. The molecule has 0 aromatic carbocycles. The van der Waals surface area contributed by atoms with Crippen LogP contribution >= 0.6 is 0 Å². The molecule has 0 fully saturated rings. The number of carboxylic acid groups (broad SMARTS) is 2. The Labute approximate surface area is 98.5 Å². The molecular formula is C11H14N2O4. The normalized spacial score (nSPS) is 10.5. The minimum Gasteiger partial charge on any atom is -0.480 e. The van der Waals surface area contributed by atoms with Gasteiger partial charge in [0.1, 0.15) is 0 Å². The minimum absolute atomic E-state index is 0.262. The Balaban J connectivity index is 2.75. The van der Waals surface area contributed by atoms with Gasteiger partial charge in [0.05, 0.1) is 13.1 Å². The van der Waals surface area contributed by atoms with E-state index in [1.807, 2.05) is 6.92 Å². The number of aryl methyl sites for hydroxylation is 1. The van der Waals surface area contributed by atoms with E-state index in [9.17, 15) is 9.59 Å². The highest BCUT2D eigenvalue weighted by Crippen LogP contribution is 2.08. The second-order valence-electron chi connectivity index (χ2n) is 3.73. The van der Waals surface area contributed by atoms with Crippen molar-refractivity contribution in [3.05, 3.63) is 29.6 Å². The fourth-order valence-electron chi connectivity index (χ4n) is 1.45. The van der Waals surface area contributed by atoms with Gasteiger partial charge in [-0.25, -0.2) is 0 Å². The molecule has 0 atom stereocenters. The highest BCUT2D eigenvalue weighted by Gasteiger charge is 2.14. The molecule has 92 valence electrons. The maximum Gasteiger partial charge on any atom is 0.317 e. The molecule has 0 saturated carbocycles. The summed E-state index contributed by atoms with van der Waals surface area (Å²) < 4.78 is 0. The van der Waals surface area contributed by atoms with Crippen molar-refractivity contribution in [2.45, 2.75) is 13.5 Å². The topological polar surface area (TPSA) is 90.7 Å². The predicted molar refractivity (Wildman–Crippen MR) is 59.5 cm³/mol. The molecule has 0 aliphatic carbocycles. The summed E-state index contributed by atoms with van der Waals surface area (Å²) in [5.74, 6) is -2.10. The lowest BCUT2D eigenvalue weighted by atomic mass is 10.1. The van der Waals surface area contributed by atoms with Crippen LogP contribution in [0.2, 0.25) is 0 Å². The molecule has 1 aromatic rings. The first kappa shape index (κ1) is 13.1. The van der Waals surface area contributed by atoms with E-state index in [2.05, 4.69) is 4.98 Å². The highest BCUT2D eigenvalue weighted by atomic mass is 16.4. The van der Waals surface area contributed by atoms with Crippen molar-refractivity contribution in [3.8, 4) is 0 Å². The molecule has 0 bridgehead atoms. The largest absolute Gasteiger partial charge is 0.480 e. The van der Waals surface area contributed by atoms with Gasteiger partial charge in [-0.05, 0) is 24.1 Å². The summed E-state index contributed by atoms with van der Waals surface area (Å²) in [7, 11) is 0. The van der Waals surface area contributed by atoms with E-state index in [-0.39, 0.29) is 19.6 Å². The molecule has 1 rings (SSSR count). The number of aliphatic carboxylic acids is 2. The number of pyridine rings is 1.